The maximum atomic E-state index is 13.2. The summed E-state index contributed by atoms with van der Waals surface area (Å²) in [5.41, 5.74) is -1.92. The highest BCUT2D eigenvalue weighted by Gasteiger charge is 2.61. The molecule has 3 nitrogen and oxygen atoms in total. The van der Waals surface area contributed by atoms with E-state index in [1.807, 2.05) is 22.6 Å². The van der Waals surface area contributed by atoms with Gasteiger partial charge in [-0.15, -0.1) is 0 Å². The van der Waals surface area contributed by atoms with Crippen LogP contribution in [0.25, 0.3) is 0 Å². The van der Waals surface area contributed by atoms with Gasteiger partial charge in [0.05, 0.1) is 5.69 Å². The number of para-hydroxylation sites is 1. The average Bonchev–Trinajstić information content (AvgIpc) is 2.82. The highest BCUT2D eigenvalue weighted by atomic mass is 127. The lowest BCUT2D eigenvalue weighted by atomic mass is 9.85. The third-order valence-electron chi connectivity index (χ3n) is 3.25. The summed E-state index contributed by atoms with van der Waals surface area (Å²) in [5, 5.41) is 5.01. The Hall–Kier alpha value is -0.830. The van der Waals surface area contributed by atoms with Crippen LogP contribution in [-0.2, 0) is 4.79 Å². The SMILES string of the molecule is O=C(Nc1ccccc1I)C1(C(F)(F)F)CCNC1. The maximum Gasteiger partial charge on any atom is 0.404 e. The van der Waals surface area contributed by atoms with E-state index in [1.165, 1.54) is 0 Å². The molecular formula is C12H12F3IN2O. The Morgan fingerprint density at radius 2 is 2.05 bits per heavy atom. The number of halogens is 4. The van der Waals surface area contributed by atoms with E-state index in [2.05, 4.69) is 10.6 Å². The third-order valence-corrected chi connectivity index (χ3v) is 4.20. The van der Waals surface area contributed by atoms with Gasteiger partial charge in [0, 0.05) is 10.1 Å². The first kappa shape index (κ1) is 14.6. The van der Waals surface area contributed by atoms with Gasteiger partial charge in [0.2, 0.25) is 5.91 Å². The molecule has 1 aliphatic rings. The molecule has 2 rings (SSSR count). The van der Waals surface area contributed by atoms with Gasteiger partial charge in [-0.3, -0.25) is 4.79 Å². The zero-order valence-corrected chi connectivity index (χ0v) is 12.0. The molecule has 0 spiro atoms. The van der Waals surface area contributed by atoms with E-state index in [-0.39, 0.29) is 19.5 Å². The van der Waals surface area contributed by atoms with Crippen LogP contribution in [0.4, 0.5) is 18.9 Å². The molecule has 7 heteroatoms. The highest BCUT2D eigenvalue weighted by Crippen LogP contribution is 2.43. The van der Waals surface area contributed by atoms with Crippen LogP contribution >= 0.6 is 22.6 Å². The Kier molecular flexibility index (Phi) is 4.05. The molecular weight excluding hydrogens is 372 g/mol. The number of amides is 1. The van der Waals surface area contributed by atoms with Crippen molar-refractivity contribution in [2.75, 3.05) is 18.4 Å². The second kappa shape index (κ2) is 5.28. The summed E-state index contributed by atoms with van der Waals surface area (Å²) >= 11 is 1.97. The normalized spacial score (nSPS) is 23.4. The number of hydrogen-bond donors (Lipinski definition) is 2. The minimum absolute atomic E-state index is 0.193. The number of benzene rings is 1. The molecule has 1 fully saturated rings. The predicted octanol–water partition coefficient (Wildman–Crippen LogP) is 2.77. The average molecular weight is 384 g/mol. The van der Waals surface area contributed by atoms with E-state index < -0.39 is 17.5 Å². The van der Waals surface area contributed by atoms with Crippen LogP contribution in [0.15, 0.2) is 24.3 Å². The van der Waals surface area contributed by atoms with Crippen molar-refractivity contribution in [1.29, 1.82) is 0 Å². The minimum Gasteiger partial charge on any atom is -0.324 e. The minimum atomic E-state index is -4.55. The first-order valence-corrected chi connectivity index (χ1v) is 6.78. The molecule has 0 aromatic heterocycles. The Morgan fingerprint density at radius 3 is 2.58 bits per heavy atom. The first-order chi connectivity index (χ1) is 8.87. The molecule has 1 aromatic carbocycles. The van der Waals surface area contributed by atoms with E-state index in [1.54, 1.807) is 24.3 Å². The number of nitrogens with one attached hydrogen (secondary N) is 2. The fourth-order valence-corrected chi connectivity index (χ4v) is 2.58. The number of carbonyl (C=O) groups is 1. The molecule has 0 bridgehead atoms. The molecule has 1 amide bonds. The summed E-state index contributed by atoms with van der Waals surface area (Å²) in [4.78, 5) is 12.1. The van der Waals surface area contributed by atoms with Crippen molar-refractivity contribution in [3.05, 3.63) is 27.8 Å². The Labute approximate surface area is 122 Å². The van der Waals surface area contributed by atoms with Crippen LogP contribution in [0.5, 0.6) is 0 Å². The van der Waals surface area contributed by atoms with E-state index in [4.69, 9.17) is 0 Å². The molecule has 104 valence electrons. The smallest absolute Gasteiger partial charge is 0.324 e. The Bertz CT molecular complexity index is 484. The molecule has 0 aliphatic carbocycles. The lowest BCUT2D eigenvalue weighted by Crippen LogP contribution is -2.49. The quantitative estimate of drug-likeness (QED) is 0.771. The van der Waals surface area contributed by atoms with E-state index in [9.17, 15) is 18.0 Å². The van der Waals surface area contributed by atoms with Crippen molar-refractivity contribution >= 4 is 34.2 Å². The third kappa shape index (κ3) is 2.71. The van der Waals surface area contributed by atoms with E-state index in [0.29, 0.717) is 9.26 Å². The number of rotatable bonds is 2. The van der Waals surface area contributed by atoms with Crippen molar-refractivity contribution in [1.82, 2.24) is 5.32 Å². The molecule has 1 unspecified atom stereocenters. The lowest BCUT2D eigenvalue weighted by Gasteiger charge is -2.29. The summed E-state index contributed by atoms with van der Waals surface area (Å²) < 4.78 is 40.2. The largest absolute Gasteiger partial charge is 0.404 e. The van der Waals surface area contributed by atoms with Crippen LogP contribution in [0.3, 0.4) is 0 Å². The van der Waals surface area contributed by atoms with Crippen LogP contribution in [0.1, 0.15) is 6.42 Å². The van der Waals surface area contributed by atoms with Crippen molar-refractivity contribution in [2.24, 2.45) is 5.41 Å². The van der Waals surface area contributed by atoms with Gasteiger partial charge in [-0.05, 0) is 47.7 Å². The fourth-order valence-electron chi connectivity index (χ4n) is 2.06. The summed E-state index contributed by atoms with van der Waals surface area (Å²) in [5.74, 6) is -0.992. The molecule has 1 heterocycles. The van der Waals surface area contributed by atoms with E-state index in [0.717, 1.165) is 0 Å². The second-order valence-electron chi connectivity index (χ2n) is 4.44. The molecule has 1 aromatic rings. The number of hydrogen-bond acceptors (Lipinski definition) is 2. The molecule has 19 heavy (non-hydrogen) atoms. The molecule has 2 N–H and O–H groups in total. The van der Waals surface area contributed by atoms with Crippen LogP contribution < -0.4 is 10.6 Å². The zero-order chi connectivity index (χ0) is 14.1. The standard InChI is InChI=1S/C12H12F3IN2O/c13-12(14,15)11(5-6-17-7-11)10(19)18-9-4-2-1-3-8(9)16/h1-4,17H,5-7H2,(H,18,19). The molecule has 0 saturated carbocycles. The zero-order valence-electron chi connectivity index (χ0n) is 9.85. The predicted molar refractivity (Wildman–Crippen MR) is 73.8 cm³/mol. The fraction of sp³-hybridized carbons (Fsp3) is 0.417. The van der Waals surface area contributed by atoms with Crippen molar-refractivity contribution in [3.8, 4) is 0 Å². The van der Waals surface area contributed by atoms with Gasteiger partial charge in [-0.25, -0.2) is 0 Å². The summed E-state index contributed by atoms with van der Waals surface area (Å²) in [6, 6.07) is 6.74. The van der Waals surface area contributed by atoms with Crippen molar-refractivity contribution < 1.29 is 18.0 Å². The molecule has 0 radical (unpaired) electrons. The summed E-state index contributed by atoms with van der Waals surface area (Å²) in [6.45, 7) is -0.176. The molecule has 1 aliphatic heterocycles. The van der Waals surface area contributed by atoms with Crippen molar-refractivity contribution in [2.45, 2.75) is 12.6 Å². The summed E-state index contributed by atoms with van der Waals surface area (Å²) in [7, 11) is 0. The van der Waals surface area contributed by atoms with Gasteiger partial charge in [0.25, 0.3) is 0 Å². The Balaban J connectivity index is 2.25. The second-order valence-corrected chi connectivity index (χ2v) is 5.60. The summed E-state index contributed by atoms with van der Waals surface area (Å²) in [6.07, 6.45) is -4.79. The maximum absolute atomic E-state index is 13.2. The van der Waals surface area contributed by atoms with E-state index >= 15 is 0 Å². The monoisotopic (exact) mass is 384 g/mol. The number of carbonyl (C=O) groups excluding carboxylic acids is 1. The van der Waals surface area contributed by atoms with Crippen LogP contribution in [-0.4, -0.2) is 25.2 Å². The van der Waals surface area contributed by atoms with Gasteiger partial charge in [-0.1, -0.05) is 12.1 Å². The molecule has 1 atom stereocenters. The van der Waals surface area contributed by atoms with Gasteiger partial charge in [0.1, 0.15) is 0 Å². The van der Waals surface area contributed by atoms with Gasteiger partial charge >= 0.3 is 6.18 Å². The topological polar surface area (TPSA) is 41.1 Å². The first-order valence-electron chi connectivity index (χ1n) is 5.70. The number of anilines is 1. The lowest BCUT2D eigenvalue weighted by molar-refractivity contribution is -0.213. The Morgan fingerprint density at radius 1 is 1.37 bits per heavy atom. The van der Waals surface area contributed by atoms with Gasteiger partial charge in [0.15, 0.2) is 5.41 Å². The molecule has 1 saturated heterocycles. The van der Waals surface area contributed by atoms with Gasteiger partial charge in [-0.2, -0.15) is 13.2 Å². The van der Waals surface area contributed by atoms with Crippen LogP contribution in [0, 0.1) is 8.99 Å². The van der Waals surface area contributed by atoms with Crippen molar-refractivity contribution in [3.63, 3.8) is 0 Å². The van der Waals surface area contributed by atoms with Crippen LogP contribution in [0.2, 0.25) is 0 Å². The number of alkyl halides is 3. The van der Waals surface area contributed by atoms with Gasteiger partial charge < -0.3 is 10.6 Å². The highest BCUT2D eigenvalue weighted by molar-refractivity contribution is 14.1.